The van der Waals surface area contributed by atoms with Crippen LogP contribution in [0.3, 0.4) is 0 Å². The highest BCUT2D eigenvalue weighted by molar-refractivity contribution is 7.15. The average molecular weight is 425 g/mol. The van der Waals surface area contributed by atoms with Crippen LogP contribution >= 0.6 is 11.3 Å². The predicted molar refractivity (Wildman–Crippen MR) is 121 cm³/mol. The number of amides is 1. The van der Waals surface area contributed by atoms with Crippen molar-refractivity contribution in [1.29, 1.82) is 0 Å². The minimum absolute atomic E-state index is 0.0738. The van der Waals surface area contributed by atoms with Crippen molar-refractivity contribution in [3.05, 3.63) is 50.3 Å². The zero-order valence-electron chi connectivity index (χ0n) is 17.8. The summed E-state index contributed by atoms with van der Waals surface area (Å²) >= 11 is 1.48. The Balaban J connectivity index is 1.47. The average Bonchev–Trinajstić information content (AvgIpc) is 3.17. The van der Waals surface area contributed by atoms with Gasteiger partial charge in [-0.25, -0.2) is 0 Å². The molecule has 4 rings (SSSR count). The number of hydrogen-bond acceptors (Lipinski definition) is 5. The molecule has 0 bridgehead atoms. The predicted octanol–water partition coefficient (Wildman–Crippen LogP) is 4.85. The van der Waals surface area contributed by atoms with Gasteiger partial charge in [-0.05, 0) is 50.8 Å². The Kier molecular flexibility index (Phi) is 5.99. The first-order chi connectivity index (χ1) is 14.4. The normalized spacial score (nSPS) is 14.9. The summed E-state index contributed by atoms with van der Waals surface area (Å²) in [6.07, 6.45) is 6.30. The number of pyridine rings is 1. The molecule has 6 nitrogen and oxygen atoms in total. The molecule has 2 aromatic heterocycles. The number of hydrogen-bond donors (Lipinski definition) is 1. The van der Waals surface area contributed by atoms with Crippen molar-refractivity contribution >= 4 is 33.3 Å². The van der Waals surface area contributed by atoms with Crippen molar-refractivity contribution in [2.45, 2.75) is 71.8 Å². The Hall–Kier alpha value is -2.54. The van der Waals surface area contributed by atoms with Crippen LogP contribution in [-0.2, 0) is 11.3 Å². The molecule has 1 fully saturated rings. The molecule has 0 aliphatic heterocycles. The van der Waals surface area contributed by atoms with E-state index in [0.717, 1.165) is 45.4 Å². The molecule has 7 heteroatoms. The van der Waals surface area contributed by atoms with Crippen molar-refractivity contribution in [1.82, 2.24) is 14.8 Å². The van der Waals surface area contributed by atoms with E-state index in [1.807, 2.05) is 13.8 Å². The highest BCUT2D eigenvalue weighted by Gasteiger charge is 2.20. The lowest BCUT2D eigenvalue weighted by molar-refractivity contribution is -0.116. The van der Waals surface area contributed by atoms with Crippen molar-refractivity contribution in [3.8, 4) is 0 Å². The number of nitrogens with zero attached hydrogens (tertiary/aromatic N) is 3. The van der Waals surface area contributed by atoms with E-state index in [9.17, 15) is 9.59 Å². The van der Waals surface area contributed by atoms with Gasteiger partial charge in [-0.3, -0.25) is 9.59 Å². The minimum atomic E-state index is -0.147. The number of rotatable bonds is 5. The lowest BCUT2D eigenvalue weighted by Gasteiger charge is -2.18. The Morgan fingerprint density at radius 3 is 2.63 bits per heavy atom. The molecule has 0 spiro atoms. The smallest absolute Gasteiger partial charge is 0.251 e. The summed E-state index contributed by atoms with van der Waals surface area (Å²) in [6, 6.07) is 5.83. The van der Waals surface area contributed by atoms with Crippen molar-refractivity contribution in [2.75, 3.05) is 5.32 Å². The lowest BCUT2D eigenvalue weighted by atomic mass is 9.90. The van der Waals surface area contributed by atoms with Gasteiger partial charge in [0.1, 0.15) is 5.01 Å². The summed E-state index contributed by atoms with van der Waals surface area (Å²) in [5.74, 6) is 0.331. The van der Waals surface area contributed by atoms with Gasteiger partial charge in [0.2, 0.25) is 11.0 Å². The van der Waals surface area contributed by atoms with E-state index < -0.39 is 0 Å². The molecule has 3 aromatic rings. The largest absolute Gasteiger partial charge is 0.307 e. The molecule has 1 aromatic carbocycles. The van der Waals surface area contributed by atoms with Gasteiger partial charge < -0.3 is 9.88 Å². The molecular weight excluding hydrogens is 396 g/mol. The van der Waals surface area contributed by atoms with Crippen molar-refractivity contribution < 1.29 is 4.79 Å². The standard InChI is InChI=1S/C23H28N4O2S/c1-14-11-16(3)21-18(12-14)15(2)13-20(29)27(21)10-9-19(28)24-23-26-25-22(30-23)17-7-5-4-6-8-17/h11-13,17H,4-10H2,1-3H3,(H,24,26,28). The zero-order chi connectivity index (χ0) is 21.3. The third-order valence-electron chi connectivity index (χ3n) is 5.95. The van der Waals surface area contributed by atoms with Gasteiger partial charge in [-0.2, -0.15) is 0 Å². The van der Waals surface area contributed by atoms with E-state index in [4.69, 9.17) is 0 Å². The maximum Gasteiger partial charge on any atom is 0.251 e. The van der Waals surface area contributed by atoms with E-state index in [1.165, 1.54) is 30.6 Å². The summed E-state index contributed by atoms with van der Waals surface area (Å²) in [7, 11) is 0. The molecule has 30 heavy (non-hydrogen) atoms. The number of fused-ring (bicyclic) bond motifs is 1. The van der Waals surface area contributed by atoms with E-state index in [-0.39, 0.29) is 17.9 Å². The second kappa shape index (κ2) is 8.68. The van der Waals surface area contributed by atoms with Gasteiger partial charge in [0, 0.05) is 30.3 Å². The molecule has 0 unspecified atom stereocenters. The van der Waals surface area contributed by atoms with E-state index in [0.29, 0.717) is 17.6 Å². The van der Waals surface area contributed by atoms with Crippen molar-refractivity contribution in [2.24, 2.45) is 0 Å². The molecule has 0 radical (unpaired) electrons. The molecule has 158 valence electrons. The molecule has 0 atom stereocenters. The van der Waals surface area contributed by atoms with Crippen LogP contribution in [0.5, 0.6) is 0 Å². The quantitative estimate of drug-likeness (QED) is 0.635. The van der Waals surface area contributed by atoms with Crippen LogP contribution in [0, 0.1) is 20.8 Å². The van der Waals surface area contributed by atoms with E-state index in [2.05, 4.69) is 34.6 Å². The fraction of sp³-hybridized carbons (Fsp3) is 0.478. The number of aryl methyl sites for hydroxylation is 4. The lowest BCUT2D eigenvalue weighted by Crippen LogP contribution is -2.24. The van der Waals surface area contributed by atoms with Crippen LogP contribution in [0.25, 0.3) is 10.9 Å². The fourth-order valence-electron chi connectivity index (χ4n) is 4.49. The van der Waals surface area contributed by atoms with Crippen molar-refractivity contribution in [3.63, 3.8) is 0 Å². The summed E-state index contributed by atoms with van der Waals surface area (Å²) < 4.78 is 1.71. The molecule has 1 saturated carbocycles. The van der Waals surface area contributed by atoms with E-state index >= 15 is 0 Å². The summed E-state index contributed by atoms with van der Waals surface area (Å²) in [5.41, 5.74) is 4.01. The van der Waals surface area contributed by atoms with Crippen LogP contribution < -0.4 is 10.9 Å². The highest BCUT2D eigenvalue weighted by Crippen LogP contribution is 2.35. The second-order valence-electron chi connectivity index (χ2n) is 8.37. The Morgan fingerprint density at radius 1 is 1.10 bits per heavy atom. The fourth-order valence-corrected chi connectivity index (χ4v) is 5.42. The maximum atomic E-state index is 12.7. The number of carbonyl (C=O) groups is 1. The van der Waals surface area contributed by atoms with Crippen LogP contribution in [0.4, 0.5) is 5.13 Å². The Morgan fingerprint density at radius 2 is 1.87 bits per heavy atom. The topological polar surface area (TPSA) is 76.9 Å². The Labute approximate surface area is 180 Å². The van der Waals surface area contributed by atoms with Gasteiger partial charge in [0.15, 0.2) is 0 Å². The summed E-state index contributed by atoms with van der Waals surface area (Å²) in [6.45, 7) is 6.36. The molecule has 2 heterocycles. The second-order valence-corrected chi connectivity index (χ2v) is 9.38. The van der Waals surface area contributed by atoms with Crippen LogP contribution in [0.15, 0.2) is 23.0 Å². The number of nitrogens with one attached hydrogen (secondary N) is 1. The van der Waals surface area contributed by atoms with Gasteiger partial charge in [0.25, 0.3) is 5.56 Å². The van der Waals surface area contributed by atoms with Gasteiger partial charge in [-0.1, -0.05) is 42.2 Å². The number of anilines is 1. The van der Waals surface area contributed by atoms with Crippen LogP contribution in [0.2, 0.25) is 0 Å². The van der Waals surface area contributed by atoms with Gasteiger partial charge in [-0.15, -0.1) is 10.2 Å². The van der Waals surface area contributed by atoms with Gasteiger partial charge in [0.05, 0.1) is 5.52 Å². The molecule has 1 aliphatic rings. The first-order valence-electron chi connectivity index (χ1n) is 10.7. The first-order valence-corrected chi connectivity index (χ1v) is 11.5. The SMILES string of the molecule is Cc1cc(C)c2c(c1)c(C)cc(=O)n2CCC(=O)Nc1nnc(C2CCCCC2)s1. The maximum absolute atomic E-state index is 12.7. The van der Waals surface area contributed by atoms with Crippen LogP contribution in [-0.4, -0.2) is 20.7 Å². The summed E-state index contributed by atoms with van der Waals surface area (Å²) in [5, 5.41) is 14.0. The molecule has 1 aliphatic carbocycles. The molecule has 1 N–H and O–H groups in total. The molecular formula is C23H28N4O2S. The zero-order valence-corrected chi connectivity index (χ0v) is 18.6. The van der Waals surface area contributed by atoms with Crippen LogP contribution in [0.1, 0.15) is 66.1 Å². The molecule has 0 saturated heterocycles. The monoisotopic (exact) mass is 424 g/mol. The number of benzene rings is 1. The number of aromatic nitrogens is 3. The van der Waals surface area contributed by atoms with E-state index in [1.54, 1.807) is 10.6 Å². The highest BCUT2D eigenvalue weighted by atomic mass is 32.1. The number of carbonyl (C=O) groups excluding carboxylic acids is 1. The third kappa shape index (κ3) is 4.31. The van der Waals surface area contributed by atoms with Gasteiger partial charge >= 0.3 is 0 Å². The minimum Gasteiger partial charge on any atom is -0.307 e. The molecule has 1 amide bonds. The first kappa shape index (κ1) is 20.7. The Bertz CT molecular complexity index is 1140. The summed E-state index contributed by atoms with van der Waals surface area (Å²) in [4.78, 5) is 25.2. The third-order valence-corrected chi connectivity index (χ3v) is 6.95.